The molecule has 0 aromatic heterocycles. The van der Waals surface area contributed by atoms with Gasteiger partial charge in [0.2, 0.25) is 0 Å². The number of hydrogen-bond acceptors (Lipinski definition) is 7. The Hall–Kier alpha value is -0.610. The van der Waals surface area contributed by atoms with Crippen molar-refractivity contribution in [1.29, 1.82) is 0 Å². The van der Waals surface area contributed by atoms with Crippen molar-refractivity contribution in [1.82, 2.24) is 5.32 Å². The monoisotopic (exact) mass is 447 g/mol. The number of nitrogens with one attached hydrogen (secondary N) is 1. The second-order valence-corrected chi connectivity index (χ2v) is 8.56. The molecule has 0 bridgehead atoms. The molecule has 0 saturated carbocycles. The number of amides is 1. The zero-order valence-corrected chi connectivity index (χ0v) is 17.8. The molecule has 0 unspecified atom stereocenters. The fourth-order valence-electron chi connectivity index (χ4n) is 2.59. The quantitative estimate of drug-likeness (QED) is 0.263. The molecule has 8 nitrogen and oxygen atoms in total. The maximum Gasteiger partial charge on any atom is 0.336 e. The lowest BCUT2D eigenvalue weighted by Crippen LogP contribution is -2.74. The van der Waals surface area contributed by atoms with Gasteiger partial charge in [-0.1, -0.05) is 40.9 Å². The van der Waals surface area contributed by atoms with Gasteiger partial charge in [0.25, 0.3) is 9.70 Å². The molecule has 1 rings (SSSR count). The van der Waals surface area contributed by atoms with Gasteiger partial charge in [0.15, 0.2) is 11.3 Å². The molecule has 0 radical (unpaired) electrons. The summed E-state index contributed by atoms with van der Waals surface area (Å²) < 4.78 is 24.7. The summed E-state index contributed by atoms with van der Waals surface area (Å²) in [5.41, 5.74) is -1.83. The average molecular weight is 449 g/mol. The van der Waals surface area contributed by atoms with Crippen LogP contribution in [0.1, 0.15) is 20.3 Å². The predicted octanol–water partition coefficient (Wildman–Crippen LogP) is 2.10. The van der Waals surface area contributed by atoms with E-state index >= 15 is 0 Å². The Kier molecular flexibility index (Phi) is 8.81. The standard InChI is InChI=1S/C16H24Cl3NO7/c1-6-7-10(25-9-23-4)11-15(13(22)24-5,8-26-14(2,3)27-11)20-12(21)16(17,18)19/h6,10-11H,1,7-9H2,2-5H3,(H,20,21)/t10-,11+,15+/m1/s1. The van der Waals surface area contributed by atoms with Crippen molar-refractivity contribution in [3.05, 3.63) is 12.7 Å². The normalized spacial score (nSPS) is 26.1. The molecule has 27 heavy (non-hydrogen) atoms. The summed E-state index contributed by atoms with van der Waals surface area (Å²) in [6.45, 7) is 6.60. The van der Waals surface area contributed by atoms with Crippen LogP contribution in [0.5, 0.6) is 0 Å². The largest absolute Gasteiger partial charge is 0.467 e. The Morgan fingerprint density at radius 2 is 2.00 bits per heavy atom. The first-order valence-corrected chi connectivity index (χ1v) is 9.08. The van der Waals surface area contributed by atoms with Gasteiger partial charge in [-0.2, -0.15) is 0 Å². The first-order chi connectivity index (χ1) is 12.4. The SMILES string of the molecule is C=CC[C@@H](OCOC)[C@@H]1OC(C)(C)OC[C@@]1(NC(=O)C(Cl)(Cl)Cl)C(=O)OC. The van der Waals surface area contributed by atoms with Crippen molar-refractivity contribution in [3.8, 4) is 0 Å². The van der Waals surface area contributed by atoms with E-state index in [1.165, 1.54) is 7.11 Å². The fourth-order valence-corrected chi connectivity index (χ4v) is 2.73. The lowest BCUT2D eigenvalue weighted by atomic mass is 9.86. The van der Waals surface area contributed by atoms with Crippen LogP contribution in [0.2, 0.25) is 0 Å². The second kappa shape index (κ2) is 9.73. The maximum absolute atomic E-state index is 12.7. The van der Waals surface area contributed by atoms with Crippen LogP contribution in [0, 0.1) is 0 Å². The van der Waals surface area contributed by atoms with Crippen molar-refractivity contribution in [2.24, 2.45) is 0 Å². The third-order valence-electron chi connectivity index (χ3n) is 3.82. The number of esters is 1. The molecular formula is C16H24Cl3NO7. The summed E-state index contributed by atoms with van der Waals surface area (Å²) >= 11 is 17.0. The van der Waals surface area contributed by atoms with Gasteiger partial charge in [-0.3, -0.25) is 4.79 Å². The summed E-state index contributed by atoms with van der Waals surface area (Å²) in [6.07, 6.45) is 0.0378. The van der Waals surface area contributed by atoms with Crippen molar-refractivity contribution in [2.45, 2.75) is 47.6 Å². The van der Waals surface area contributed by atoms with E-state index in [4.69, 9.17) is 58.5 Å². The number of rotatable bonds is 8. The van der Waals surface area contributed by atoms with Gasteiger partial charge < -0.3 is 29.0 Å². The van der Waals surface area contributed by atoms with Crippen LogP contribution in [0.4, 0.5) is 0 Å². The highest BCUT2D eigenvalue weighted by Crippen LogP contribution is 2.36. The Labute approximate surface area is 173 Å². The summed E-state index contributed by atoms with van der Waals surface area (Å²) in [4.78, 5) is 25.1. The van der Waals surface area contributed by atoms with Crippen molar-refractivity contribution < 1.29 is 33.3 Å². The highest BCUT2D eigenvalue weighted by atomic mass is 35.6. The third-order valence-corrected chi connectivity index (χ3v) is 4.34. The number of carbonyl (C=O) groups is 2. The van der Waals surface area contributed by atoms with Crippen LogP contribution in [0.25, 0.3) is 0 Å². The summed E-state index contributed by atoms with van der Waals surface area (Å²) in [7, 11) is 2.60. The zero-order chi connectivity index (χ0) is 20.9. The Morgan fingerprint density at radius 1 is 1.37 bits per heavy atom. The number of hydrogen-bond donors (Lipinski definition) is 1. The molecule has 0 spiro atoms. The highest BCUT2D eigenvalue weighted by Gasteiger charge is 2.59. The molecule has 1 aliphatic heterocycles. The molecule has 1 amide bonds. The Morgan fingerprint density at radius 3 is 2.48 bits per heavy atom. The Bertz CT molecular complexity index is 553. The molecule has 0 aromatic rings. The molecule has 11 heteroatoms. The lowest BCUT2D eigenvalue weighted by molar-refractivity contribution is -0.320. The molecule has 0 aliphatic carbocycles. The number of ether oxygens (including phenoxy) is 5. The predicted molar refractivity (Wildman–Crippen MR) is 99.6 cm³/mol. The van der Waals surface area contributed by atoms with E-state index in [2.05, 4.69) is 11.9 Å². The number of carbonyl (C=O) groups excluding carboxylic acids is 2. The molecule has 1 saturated heterocycles. The van der Waals surface area contributed by atoms with E-state index in [0.29, 0.717) is 0 Å². The smallest absolute Gasteiger partial charge is 0.336 e. The van der Waals surface area contributed by atoms with Gasteiger partial charge in [-0.15, -0.1) is 6.58 Å². The number of methoxy groups -OCH3 is 2. The third kappa shape index (κ3) is 6.19. The van der Waals surface area contributed by atoms with Crippen molar-refractivity contribution >= 4 is 46.7 Å². The first-order valence-electron chi connectivity index (χ1n) is 7.94. The topological polar surface area (TPSA) is 92.3 Å². The van der Waals surface area contributed by atoms with Crippen LogP contribution in [-0.4, -0.2) is 66.8 Å². The van der Waals surface area contributed by atoms with Gasteiger partial charge in [-0.25, -0.2) is 4.79 Å². The highest BCUT2D eigenvalue weighted by molar-refractivity contribution is 6.76. The van der Waals surface area contributed by atoms with E-state index in [0.717, 1.165) is 7.11 Å². The fraction of sp³-hybridized carbons (Fsp3) is 0.750. The van der Waals surface area contributed by atoms with Gasteiger partial charge in [-0.05, 0) is 20.3 Å². The molecule has 1 aliphatic rings. The van der Waals surface area contributed by atoms with Crippen molar-refractivity contribution in [3.63, 3.8) is 0 Å². The van der Waals surface area contributed by atoms with Crippen LogP contribution < -0.4 is 5.32 Å². The second-order valence-electron chi connectivity index (χ2n) is 6.28. The molecule has 1 N–H and O–H groups in total. The zero-order valence-electron chi connectivity index (χ0n) is 15.6. The molecule has 156 valence electrons. The van der Waals surface area contributed by atoms with E-state index in [9.17, 15) is 9.59 Å². The van der Waals surface area contributed by atoms with E-state index in [-0.39, 0.29) is 19.8 Å². The summed E-state index contributed by atoms with van der Waals surface area (Å²) in [6, 6.07) is 0. The maximum atomic E-state index is 12.7. The minimum absolute atomic E-state index is 0.0880. The Balaban J connectivity index is 3.40. The van der Waals surface area contributed by atoms with Gasteiger partial charge in [0, 0.05) is 7.11 Å². The molecule has 0 aromatic carbocycles. The molecular weight excluding hydrogens is 425 g/mol. The van der Waals surface area contributed by atoms with E-state index in [1.54, 1.807) is 19.9 Å². The summed E-state index contributed by atoms with van der Waals surface area (Å²) in [5, 5.41) is 2.41. The average Bonchev–Trinajstić information content (AvgIpc) is 2.58. The van der Waals surface area contributed by atoms with Crippen LogP contribution in [-0.2, 0) is 33.3 Å². The molecule has 3 atom stereocenters. The minimum Gasteiger partial charge on any atom is -0.467 e. The lowest BCUT2D eigenvalue weighted by Gasteiger charge is -2.49. The summed E-state index contributed by atoms with van der Waals surface area (Å²) in [5.74, 6) is -2.97. The van der Waals surface area contributed by atoms with Gasteiger partial charge >= 0.3 is 5.97 Å². The van der Waals surface area contributed by atoms with Gasteiger partial charge in [0.1, 0.15) is 12.9 Å². The minimum atomic E-state index is -2.32. The van der Waals surface area contributed by atoms with Crippen LogP contribution in [0.15, 0.2) is 12.7 Å². The first kappa shape index (κ1) is 24.4. The number of alkyl halides is 3. The van der Waals surface area contributed by atoms with Crippen molar-refractivity contribution in [2.75, 3.05) is 27.6 Å². The molecule has 1 fully saturated rings. The van der Waals surface area contributed by atoms with Crippen LogP contribution in [0.3, 0.4) is 0 Å². The van der Waals surface area contributed by atoms with E-state index < -0.39 is 39.2 Å². The van der Waals surface area contributed by atoms with Crippen LogP contribution >= 0.6 is 34.8 Å². The van der Waals surface area contributed by atoms with E-state index in [1.807, 2.05) is 0 Å². The molecule has 1 heterocycles. The van der Waals surface area contributed by atoms with Gasteiger partial charge in [0.05, 0.1) is 19.8 Å². The number of halogens is 3.